The summed E-state index contributed by atoms with van der Waals surface area (Å²) in [5.74, 6) is -1.80. The fourth-order valence-electron chi connectivity index (χ4n) is 6.29. The third-order valence-electron chi connectivity index (χ3n) is 8.89. The Bertz CT molecular complexity index is 1610. The van der Waals surface area contributed by atoms with Gasteiger partial charge in [0.05, 0.1) is 0 Å². The molecule has 47 heavy (non-hydrogen) atoms. The number of nitrogens with one attached hydrogen (secondary N) is 3. The summed E-state index contributed by atoms with van der Waals surface area (Å²) in [5, 5.41) is 6.22. The van der Waals surface area contributed by atoms with Crippen LogP contribution in [0.3, 0.4) is 0 Å². The summed E-state index contributed by atoms with van der Waals surface area (Å²) < 4.78 is 11.5. The number of nitrogens with zero attached hydrogens (tertiary/aromatic N) is 2. The SMILES string of the molecule is C=C(N)CC[C@H](NC(=O)[C@@H]1CC[C@@H]2CCN(C(=O)C(C)C)C[C@H](NC(=O)c3cc4cc(C(=O)P(=O)(O)O)ccc4[nH]3)C(=O)N21)C(C)C. The quantitative estimate of drug-likeness (QED) is 0.193. The molecular weight excluding hydrogens is 627 g/mol. The highest BCUT2D eigenvalue weighted by Crippen LogP contribution is 2.39. The van der Waals surface area contributed by atoms with Gasteiger partial charge >= 0.3 is 7.60 Å². The molecule has 2 saturated heterocycles. The predicted molar refractivity (Wildman–Crippen MR) is 175 cm³/mol. The van der Waals surface area contributed by atoms with Crippen molar-refractivity contribution in [1.29, 1.82) is 0 Å². The van der Waals surface area contributed by atoms with Crippen molar-refractivity contribution >= 4 is 47.7 Å². The molecule has 256 valence electrons. The molecule has 0 aliphatic carbocycles. The van der Waals surface area contributed by atoms with Gasteiger partial charge in [-0.05, 0) is 62.3 Å². The molecule has 2 aromatic rings. The lowest BCUT2D eigenvalue weighted by Crippen LogP contribution is -2.61. The molecule has 15 heteroatoms. The van der Waals surface area contributed by atoms with Crippen molar-refractivity contribution in [2.45, 2.75) is 84.0 Å². The van der Waals surface area contributed by atoms with E-state index >= 15 is 0 Å². The third kappa shape index (κ3) is 8.30. The highest BCUT2D eigenvalue weighted by molar-refractivity contribution is 7.70. The Balaban J connectivity index is 1.60. The minimum atomic E-state index is -5.01. The molecule has 0 unspecified atom stereocenters. The van der Waals surface area contributed by atoms with Gasteiger partial charge < -0.3 is 40.9 Å². The Morgan fingerprint density at radius 3 is 2.43 bits per heavy atom. The van der Waals surface area contributed by atoms with E-state index in [1.165, 1.54) is 24.3 Å². The molecule has 2 fully saturated rings. The molecule has 1 aromatic heterocycles. The van der Waals surface area contributed by atoms with Gasteiger partial charge in [0.1, 0.15) is 17.8 Å². The number of aromatic amines is 1. The second-order valence-electron chi connectivity index (χ2n) is 13.1. The lowest BCUT2D eigenvalue weighted by molar-refractivity contribution is -0.146. The van der Waals surface area contributed by atoms with E-state index in [0.717, 1.165) is 0 Å². The van der Waals surface area contributed by atoms with Crippen molar-refractivity contribution in [3.05, 3.63) is 47.8 Å². The summed E-state index contributed by atoms with van der Waals surface area (Å²) in [4.78, 5) is 91.3. The standard InChI is InChI=1S/C32H45N6O8P/c1-17(2)23(9-6-19(5)33)35-29(40)27-11-8-22-12-13-37(30(41)18(3)4)16-26(31(42)38(22)27)36-28(39)25-15-21-14-20(7-10-24(21)34-25)32(43)47(44,45)46/h7,10,14-15,17-18,22-23,26-27,34H,5-6,8-9,11-13,16,33H2,1-4H3,(H,35,40)(H,36,39)(H2,44,45,46)/t22-,23+,26+,27+/m1/s1. The molecule has 0 spiro atoms. The fourth-order valence-corrected chi connectivity index (χ4v) is 6.76. The molecule has 0 bridgehead atoms. The van der Waals surface area contributed by atoms with Gasteiger partial charge in [-0.15, -0.1) is 0 Å². The second kappa shape index (κ2) is 14.4. The van der Waals surface area contributed by atoms with Crippen LogP contribution in [0.5, 0.6) is 0 Å². The van der Waals surface area contributed by atoms with E-state index < -0.39 is 37.0 Å². The average Bonchev–Trinajstić information content (AvgIpc) is 3.62. The van der Waals surface area contributed by atoms with Crippen molar-refractivity contribution in [1.82, 2.24) is 25.4 Å². The van der Waals surface area contributed by atoms with Crippen molar-refractivity contribution in [2.24, 2.45) is 17.6 Å². The zero-order chi connectivity index (χ0) is 34.8. The fraction of sp³-hybridized carbons (Fsp3) is 0.531. The van der Waals surface area contributed by atoms with Gasteiger partial charge in [0.25, 0.3) is 11.4 Å². The first kappa shape index (κ1) is 35.8. The zero-order valence-electron chi connectivity index (χ0n) is 27.2. The maximum absolute atomic E-state index is 14.3. The minimum absolute atomic E-state index is 0.0332. The van der Waals surface area contributed by atoms with E-state index in [1.807, 2.05) is 13.8 Å². The first-order chi connectivity index (χ1) is 22.0. The Hall–Kier alpha value is -4.00. The van der Waals surface area contributed by atoms with Gasteiger partial charge in [0, 0.05) is 53.3 Å². The molecular formula is C32H45N6O8P. The van der Waals surface area contributed by atoms with E-state index in [-0.39, 0.29) is 53.5 Å². The molecule has 0 radical (unpaired) electrons. The van der Waals surface area contributed by atoms with Crippen LogP contribution in [0.15, 0.2) is 36.5 Å². The third-order valence-corrected chi connectivity index (χ3v) is 9.68. The van der Waals surface area contributed by atoms with E-state index in [4.69, 9.17) is 5.73 Å². The highest BCUT2D eigenvalue weighted by atomic mass is 31.2. The van der Waals surface area contributed by atoms with Crippen LogP contribution in [0.2, 0.25) is 0 Å². The second-order valence-corrected chi connectivity index (χ2v) is 14.6. The van der Waals surface area contributed by atoms with Crippen molar-refractivity contribution in [2.75, 3.05) is 13.1 Å². The van der Waals surface area contributed by atoms with Crippen molar-refractivity contribution in [3.8, 4) is 0 Å². The summed E-state index contributed by atoms with van der Waals surface area (Å²) >= 11 is 0. The molecule has 2 aliphatic rings. The molecule has 14 nitrogen and oxygen atoms in total. The number of nitrogens with two attached hydrogens (primary N) is 1. The summed E-state index contributed by atoms with van der Waals surface area (Å²) in [6, 6.07) is 2.93. The van der Waals surface area contributed by atoms with Crippen LogP contribution in [0.1, 0.15) is 80.6 Å². The number of hydrogen-bond acceptors (Lipinski definition) is 7. The molecule has 7 N–H and O–H groups in total. The van der Waals surface area contributed by atoms with Crippen LogP contribution in [0, 0.1) is 11.8 Å². The number of aromatic nitrogens is 1. The lowest BCUT2D eigenvalue weighted by atomic mass is 9.98. The maximum atomic E-state index is 14.3. The summed E-state index contributed by atoms with van der Waals surface area (Å²) in [5.41, 5.74) is 5.19. The Kier molecular flexibility index (Phi) is 11.0. The van der Waals surface area contributed by atoms with Gasteiger partial charge in [0.15, 0.2) is 0 Å². The largest absolute Gasteiger partial charge is 0.403 e. The van der Waals surface area contributed by atoms with Gasteiger partial charge in [-0.25, -0.2) is 0 Å². The smallest absolute Gasteiger partial charge is 0.396 e. The van der Waals surface area contributed by atoms with Crippen LogP contribution >= 0.6 is 7.60 Å². The van der Waals surface area contributed by atoms with Crippen LogP contribution in [-0.2, 0) is 18.9 Å². The number of rotatable bonds is 11. The number of allylic oxidation sites excluding steroid dienone is 1. The van der Waals surface area contributed by atoms with Crippen LogP contribution in [0.4, 0.5) is 0 Å². The van der Waals surface area contributed by atoms with Gasteiger partial charge in [-0.2, -0.15) is 0 Å². The van der Waals surface area contributed by atoms with Crippen molar-refractivity contribution < 1.29 is 38.3 Å². The van der Waals surface area contributed by atoms with Gasteiger partial charge in [-0.1, -0.05) is 34.3 Å². The Morgan fingerprint density at radius 2 is 1.81 bits per heavy atom. The summed E-state index contributed by atoms with van der Waals surface area (Å²) in [6.07, 6.45) is 2.65. The number of benzene rings is 1. The lowest BCUT2D eigenvalue weighted by Gasteiger charge is -2.39. The van der Waals surface area contributed by atoms with E-state index in [9.17, 15) is 38.3 Å². The number of H-pyrrole nitrogens is 1. The Labute approximate surface area is 273 Å². The summed E-state index contributed by atoms with van der Waals surface area (Å²) in [7, 11) is -5.01. The average molecular weight is 673 g/mol. The molecule has 0 saturated carbocycles. The molecule has 4 rings (SSSR count). The zero-order valence-corrected chi connectivity index (χ0v) is 28.1. The minimum Gasteiger partial charge on any atom is -0.403 e. The normalized spacial score (nSPS) is 20.9. The first-order valence-electron chi connectivity index (χ1n) is 15.9. The predicted octanol–water partition coefficient (Wildman–Crippen LogP) is 2.23. The molecule has 3 heterocycles. The van der Waals surface area contributed by atoms with E-state index in [0.29, 0.717) is 55.2 Å². The topological polar surface area (TPSA) is 215 Å². The van der Waals surface area contributed by atoms with Crippen LogP contribution in [-0.4, -0.2) is 91.0 Å². The number of carbonyl (C=O) groups is 5. The molecule has 2 aliphatic heterocycles. The van der Waals surface area contributed by atoms with E-state index in [1.54, 1.807) is 23.6 Å². The number of fused-ring (bicyclic) bond motifs is 2. The van der Waals surface area contributed by atoms with E-state index in [2.05, 4.69) is 22.2 Å². The molecule has 4 atom stereocenters. The van der Waals surface area contributed by atoms with Gasteiger partial charge in [0.2, 0.25) is 17.7 Å². The van der Waals surface area contributed by atoms with Crippen molar-refractivity contribution in [3.63, 3.8) is 0 Å². The number of hydrogen-bond donors (Lipinski definition) is 6. The monoisotopic (exact) mass is 672 g/mol. The number of amides is 4. The number of carbonyl (C=O) groups excluding carboxylic acids is 5. The van der Waals surface area contributed by atoms with Crippen LogP contribution in [0.25, 0.3) is 10.9 Å². The highest BCUT2D eigenvalue weighted by Gasteiger charge is 2.46. The molecule has 1 aromatic carbocycles. The van der Waals surface area contributed by atoms with Crippen LogP contribution < -0.4 is 16.4 Å². The summed E-state index contributed by atoms with van der Waals surface area (Å²) in [6.45, 7) is 11.5. The first-order valence-corrected chi connectivity index (χ1v) is 17.5. The Morgan fingerprint density at radius 1 is 1.11 bits per heavy atom. The van der Waals surface area contributed by atoms with Gasteiger partial charge in [-0.3, -0.25) is 28.5 Å². The molecule has 4 amide bonds. The maximum Gasteiger partial charge on any atom is 0.396 e.